The van der Waals surface area contributed by atoms with Gasteiger partial charge in [0, 0.05) is 12.2 Å². The van der Waals surface area contributed by atoms with Gasteiger partial charge in [0.25, 0.3) is 0 Å². The number of nitrogens with zero attached hydrogens (tertiary/aromatic N) is 3. The smallest absolute Gasteiger partial charge is 0.354 e. The lowest BCUT2D eigenvalue weighted by atomic mass is 9.99. The Morgan fingerprint density at radius 2 is 2.00 bits per heavy atom. The van der Waals surface area contributed by atoms with Gasteiger partial charge in [-0.15, -0.1) is 4.36 Å². The monoisotopic (exact) mass is 430 g/mol. The summed E-state index contributed by atoms with van der Waals surface area (Å²) in [6.07, 6.45) is 7.49. The molecule has 4 N–H and O–H groups in total. The van der Waals surface area contributed by atoms with E-state index in [-0.39, 0.29) is 10.9 Å². The summed E-state index contributed by atoms with van der Waals surface area (Å²) in [5.74, 6) is 0.320. The minimum absolute atomic E-state index is 0.0164. The Balaban J connectivity index is 1.45. The number of aromatic nitrogens is 2. The van der Waals surface area contributed by atoms with E-state index in [4.69, 9.17) is 9.88 Å². The Bertz CT molecular complexity index is 1120. The van der Waals surface area contributed by atoms with Gasteiger partial charge in [0.1, 0.15) is 17.5 Å². The minimum atomic E-state index is -3.49. The fourth-order valence-corrected chi connectivity index (χ4v) is 5.82. The Hall–Kier alpha value is -2.43. The Morgan fingerprint density at radius 1 is 1.30 bits per heavy atom. The van der Waals surface area contributed by atoms with Gasteiger partial charge in [-0.3, -0.25) is 0 Å². The molecule has 9 nitrogen and oxygen atoms in total. The number of aryl methyl sites for hydroxylation is 2. The number of amides is 2. The SMILES string of the molecule is CNCC1COc2c(S(N)(=O)=NC(=O)Nc3c4c(cc5c3CCC5)CCC4)cnn21. The van der Waals surface area contributed by atoms with Gasteiger partial charge < -0.3 is 15.4 Å². The molecule has 5 rings (SSSR count). The number of anilines is 1. The Morgan fingerprint density at radius 3 is 2.67 bits per heavy atom. The van der Waals surface area contributed by atoms with Crippen LogP contribution in [0.2, 0.25) is 0 Å². The summed E-state index contributed by atoms with van der Waals surface area (Å²) in [5, 5.41) is 16.2. The zero-order chi connectivity index (χ0) is 20.9. The van der Waals surface area contributed by atoms with E-state index >= 15 is 0 Å². The molecule has 1 aliphatic heterocycles. The van der Waals surface area contributed by atoms with E-state index in [0.29, 0.717) is 19.0 Å². The number of urea groups is 1. The van der Waals surface area contributed by atoms with Crippen molar-refractivity contribution < 1.29 is 13.7 Å². The molecule has 1 aromatic heterocycles. The number of nitrogens with one attached hydrogen (secondary N) is 2. The van der Waals surface area contributed by atoms with Crippen molar-refractivity contribution in [3.05, 3.63) is 34.5 Å². The molecule has 0 fully saturated rings. The average Bonchev–Trinajstić information content (AvgIpc) is 3.46. The summed E-state index contributed by atoms with van der Waals surface area (Å²) >= 11 is 0. The lowest BCUT2D eigenvalue weighted by Crippen LogP contribution is -2.22. The number of ether oxygens (including phenoxy) is 1. The molecule has 0 bridgehead atoms. The molecule has 2 heterocycles. The van der Waals surface area contributed by atoms with Gasteiger partial charge >= 0.3 is 6.03 Å². The molecular weight excluding hydrogens is 404 g/mol. The predicted molar refractivity (Wildman–Crippen MR) is 113 cm³/mol. The second kappa shape index (κ2) is 7.36. The van der Waals surface area contributed by atoms with E-state index in [2.05, 4.69) is 26.2 Å². The zero-order valence-electron chi connectivity index (χ0n) is 16.9. The molecule has 2 amide bonds. The maximum absolute atomic E-state index is 13.1. The third kappa shape index (κ3) is 3.19. The average molecular weight is 431 g/mol. The number of nitrogens with two attached hydrogens (primary N) is 1. The molecule has 2 unspecified atom stereocenters. The molecule has 0 radical (unpaired) electrons. The third-order valence-corrected chi connectivity index (χ3v) is 7.50. The molecule has 10 heteroatoms. The standard InChI is InChI=1S/C20H26N6O3S/c1-22-9-14-11-29-19-17(10-23-26(14)19)30(21,28)25-20(27)24-18-15-6-2-4-12(15)8-13-5-3-7-16(13)18/h8,10,14,22H,2-7,9,11H2,1H3,(H3,21,24,25,27,28). The maximum atomic E-state index is 13.1. The summed E-state index contributed by atoms with van der Waals surface area (Å²) < 4.78 is 24.3. The molecule has 0 saturated carbocycles. The number of likely N-dealkylation sites (N-methyl/N-ethyl adjacent to an activating group) is 1. The van der Waals surface area contributed by atoms with E-state index in [1.165, 1.54) is 28.5 Å². The topological polar surface area (TPSA) is 124 Å². The third-order valence-electron chi connectivity index (χ3n) is 6.15. The summed E-state index contributed by atoms with van der Waals surface area (Å²) in [5.41, 5.74) is 5.84. The van der Waals surface area contributed by atoms with Crippen LogP contribution in [-0.2, 0) is 35.6 Å². The normalized spacial score (nSPS) is 20.8. The molecule has 2 atom stereocenters. The summed E-state index contributed by atoms with van der Waals surface area (Å²) in [6.45, 7) is 1.06. The van der Waals surface area contributed by atoms with Crippen molar-refractivity contribution in [2.75, 3.05) is 25.5 Å². The molecule has 0 spiro atoms. The van der Waals surface area contributed by atoms with Crippen LogP contribution in [0.15, 0.2) is 21.5 Å². The van der Waals surface area contributed by atoms with Crippen molar-refractivity contribution in [1.29, 1.82) is 0 Å². The van der Waals surface area contributed by atoms with E-state index < -0.39 is 15.9 Å². The van der Waals surface area contributed by atoms with Crippen molar-refractivity contribution in [2.24, 2.45) is 9.50 Å². The highest BCUT2D eigenvalue weighted by Crippen LogP contribution is 2.39. The molecular formula is C20H26N6O3S. The van der Waals surface area contributed by atoms with Gasteiger partial charge in [-0.05, 0) is 67.8 Å². The Labute approximate surface area is 175 Å². The number of hydrogen-bond acceptors (Lipinski definition) is 5. The van der Waals surface area contributed by atoms with Crippen molar-refractivity contribution in [3.63, 3.8) is 0 Å². The van der Waals surface area contributed by atoms with Gasteiger partial charge in [-0.2, -0.15) is 5.10 Å². The van der Waals surface area contributed by atoms with E-state index in [0.717, 1.165) is 44.2 Å². The number of rotatable bonds is 4. The second-order valence-electron chi connectivity index (χ2n) is 8.11. The lowest BCUT2D eigenvalue weighted by Gasteiger charge is -2.15. The highest BCUT2D eigenvalue weighted by atomic mass is 32.2. The van der Waals surface area contributed by atoms with Crippen molar-refractivity contribution in [3.8, 4) is 5.88 Å². The van der Waals surface area contributed by atoms with Crippen molar-refractivity contribution in [2.45, 2.75) is 49.5 Å². The van der Waals surface area contributed by atoms with E-state index in [9.17, 15) is 9.00 Å². The fraction of sp³-hybridized carbons (Fsp3) is 0.500. The first-order valence-electron chi connectivity index (χ1n) is 10.3. The number of fused-ring (bicyclic) bond motifs is 3. The molecule has 0 saturated heterocycles. The second-order valence-corrected chi connectivity index (χ2v) is 9.86. The molecule has 30 heavy (non-hydrogen) atoms. The van der Waals surface area contributed by atoms with Crippen LogP contribution in [-0.4, -0.2) is 40.2 Å². The molecule has 1 aromatic carbocycles. The summed E-state index contributed by atoms with van der Waals surface area (Å²) in [4.78, 5) is 12.9. The van der Waals surface area contributed by atoms with Crippen LogP contribution < -0.4 is 20.5 Å². The van der Waals surface area contributed by atoms with Crippen LogP contribution in [0.25, 0.3) is 0 Å². The zero-order valence-corrected chi connectivity index (χ0v) is 17.8. The highest BCUT2D eigenvalue weighted by Gasteiger charge is 2.31. The first-order chi connectivity index (χ1) is 14.5. The molecule has 2 aromatic rings. The van der Waals surface area contributed by atoms with Gasteiger partial charge in [0.15, 0.2) is 9.92 Å². The highest BCUT2D eigenvalue weighted by molar-refractivity contribution is 7.91. The van der Waals surface area contributed by atoms with Crippen molar-refractivity contribution in [1.82, 2.24) is 15.1 Å². The van der Waals surface area contributed by atoms with Crippen LogP contribution >= 0.6 is 0 Å². The van der Waals surface area contributed by atoms with E-state index in [1.54, 1.807) is 4.68 Å². The Kier molecular flexibility index (Phi) is 4.79. The molecule has 160 valence electrons. The number of hydrogen-bond donors (Lipinski definition) is 3. The van der Waals surface area contributed by atoms with Crippen LogP contribution in [0.3, 0.4) is 0 Å². The first kappa shape index (κ1) is 19.5. The van der Waals surface area contributed by atoms with Crippen molar-refractivity contribution >= 4 is 21.6 Å². The quantitative estimate of drug-likeness (QED) is 0.684. The maximum Gasteiger partial charge on any atom is 0.354 e. The van der Waals surface area contributed by atoms with Gasteiger partial charge in [0.05, 0.1) is 6.20 Å². The van der Waals surface area contributed by atoms with Crippen LogP contribution in [0.4, 0.5) is 10.5 Å². The summed E-state index contributed by atoms with van der Waals surface area (Å²) in [6, 6.07) is 1.58. The lowest BCUT2D eigenvalue weighted by molar-refractivity contribution is 0.260. The largest absolute Gasteiger partial charge is 0.475 e. The van der Waals surface area contributed by atoms with Crippen LogP contribution in [0.1, 0.15) is 41.1 Å². The summed E-state index contributed by atoms with van der Waals surface area (Å²) in [7, 11) is -1.66. The number of benzene rings is 1. The van der Waals surface area contributed by atoms with Crippen LogP contribution in [0, 0.1) is 0 Å². The first-order valence-corrected chi connectivity index (χ1v) is 11.9. The minimum Gasteiger partial charge on any atom is -0.475 e. The van der Waals surface area contributed by atoms with Gasteiger partial charge in [-0.1, -0.05) is 6.07 Å². The number of carbonyl (C=O) groups is 1. The van der Waals surface area contributed by atoms with E-state index in [1.807, 2.05) is 7.05 Å². The van der Waals surface area contributed by atoms with Crippen LogP contribution in [0.5, 0.6) is 5.88 Å². The number of carbonyl (C=O) groups excluding carboxylic acids is 1. The molecule has 2 aliphatic carbocycles. The fourth-order valence-electron chi connectivity index (χ4n) is 4.83. The van der Waals surface area contributed by atoms with Gasteiger partial charge in [-0.25, -0.2) is 18.8 Å². The van der Waals surface area contributed by atoms with Gasteiger partial charge in [0.2, 0.25) is 5.88 Å². The predicted octanol–water partition coefficient (Wildman–Crippen LogP) is 1.95. The molecule has 3 aliphatic rings.